The zero-order valence-corrected chi connectivity index (χ0v) is 19.8. The van der Waals surface area contributed by atoms with Crippen molar-refractivity contribution in [3.8, 4) is 6.07 Å². The number of alkyl halides is 2. The van der Waals surface area contributed by atoms with Gasteiger partial charge in [-0.15, -0.1) is 0 Å². The molecule has 1 N–H and O–H groups in total. The maximum atomic E-state index is 14.9. The molecule has 7 heteroatoms. The highest BCUT2D eigenvalue weighted by molar-refractivity contribution is 5.87. The number of anilines is 1. The van der Waals surface area contributed by atoms with Gasteiger partial charge in [0.05, 0.1) is 16.9 Å². The van der Waals surface area contributed by atoms with Crippen LogP contribution in [0.4, 0.5) is 14.6 Å². The number of fused-ring (bicyclic) bond motifs is 1. The van der Waals surface area contributed by atoms with Gasteiger partial charge >= 0.3 is 0 Å². The number of nitrogens with one attached hydrogen (secondary N) is 1. The molecule has 33 heavy (non-hydrogen) atoms. The highest BCUT2D eigenvalue weighted by Crippen LogP contribution is 2.49. The lowest BCUT2D eigenvalue weighted by Gasteiger charge is -2.31. The fraction of sp³-hybridized carbons (Fsp3) is 0.462. The van der Waals surface area contributed by atoms with E-state index >= 15 is 0 Å². The van der Waals surface area contributed by atoms with Gasteiger partial charge in [-0.3, -0.25) is 0 Å². The van der Waals surface area contributed by atoms with E-state index in [1.807, 2.05) is 19.1 Å². The molecule has 2 aromatic heterocycles. The monoisotopic (exact) mass is 449 g/mol. The Balaban J connectivity index is 1.70. The lowest BCUT2D eigenvalue weighted by Crippen LogP contribution is -2.31. The molecule has 2 heterocycles. The highest BCUT2D eigenvalue weighted by Gasteiger charge is 2.47. The van der Waals surface area contributed by atoms with Gasteiger partial charge in [0.2, 0.25) is 0 Å². The number of pyridine rings is 1. The van der Waals surface area contributed by atoms with Gasteiger partial charge in [-0.2, -0.15) is 5.26 Å². The molecule has 0 radical (unpaired) electrons. The van der Waals surface area contributed by atoms with E-state index in [2.05, 4.69) is 21.4 Å². The van der Waals surface area contributed by atoms with Crippen molar-refractivity contribution in [3.63, 3.8) is 0 Å². The minimum Gasteiger partial charge on any atom is -0.365 e. The van der Waals surface area contributed by atoms with Gasteiger partial charge in [-0.1, -0.05) is 45.9 Å². The number of nitriles is 1. The molecule has 1 aromatic carbocycles. The number of aryl methyl sites for hydroxylation is 2. The van der Waals surface area contributed by atoms with Crippen LogP contribution in [0.25, 0.3) is 11.0 Å². The van der Waals surface area contributed by atoms with Gasteiger partial charge in [0, 0.05) is 23.2 Å². The van der Waals surface area contributed by atoms with Crippen LogP contribution in [0.1, 0.15) is 68.7 Å². The summed E-state index contributed by atoms with van der Waals surface area (Å²) in [5.74, 6) is -1.79. The number of aromatic nitrogens is 3. The molecular formula is C26H29F2N5. The Morgan fingerprint density at radius 3 is 2.45 bits per heavy atom. The first-order valence-corrected chi connectivity index (χ1v) is 11.3. The third-order valence-corrected chi connectivity index (χ3v) is 6.38. The van der Waals surface area contributed by atoms with E-state index in [0.29, 0.717) is 23.8 Å². The normalized spacial score (nSPS) is 15.3. The summed E-state index contributed by atoms with van der Waals surface area (Å²) in [4.78, 5) is 13.8. The Bertz CT molecular complexity index is 1250. The maximum absolute atomic E-state index is 14.9. The summed E-state index contributed by atoms with van der Waals surface area (Å²) in [6, 6.07) is 10.9. The third kappa shape index (κ3) is 4.15. The highest BCUT2D eigenvalue weighted by atomic mass is 19.3. The van der Waals surface area contributed by atoms with Crippen LogP contribution < -0.4 is 5.32 Å². The first-order chi connectivity index (χ1) is 15.5. The smallest absolute Gasteiger partial charge is 0.277 e. The molecule has 0 bridgehead atoms. The summed E-state index contributed by atoms with van der Waals surface area (Å²) < 4.78 is 29.7. The van der Waals surface area contributed by atoms with Gasteiger partial charge in [-0.25, -0.2) is 23.7 Å². The Morgan fingerprint density at radius 2 is 1.85 bits per heavy atom. The van der Waals surface area contributed by atoms with Crippen molar-refractivity contribution < 1.29 is 8.78 Å². The van der Waals surface area contributed by atoms with Crippen LogP contribution in [0, 0.1) is 23.7 Å². The third-order valence-electron chi connectivity index (χ3n) is 6.38. The van der Waals surface area contributed by atoms with E-state index in [9.17, 15) is 14.0 Å². The van der Waals surface area contributed by atoms with E-state index in [1.165, 1.54) is 26.8 Å². The minimum atomic E-state index is -2.95. The summed E-state index contributed by atoms with van der Waals surface area (Å²) >= 11 is 0. The molecule has 1 saturated carbocycles. The largest absolute Gasteiger partial charge is 0.365 e. The van der Waals surface area contributed by atoms with Crippen molar-refractivity contribution in [1.82, 2.24) is 15.0 Å². The predicted octanol–water partition coefficient (Wildman–Crippen LogP) is 6.20. The number of rotatable bonds is 6. The summed E-state index contributed by atoms with van der Waals surface area (Å²) in [6.07, 6.45) is 2.37. The van der Waals surface area contributed by atoms with Crippen LogP contribution in [0.2, 0.25) is 0 Å². The Labute approximate surface area is 193 Å². The fourth-order valence-electron chi connectivity index (χ4n) is 4.08. The van der Waals surface area contributed by atoms with E-state index in [4.69, 9.17) is 4.98 Å². The van der Waals surface area contributed by atoms with Gasteiger partial charge in [0.15, 0.2) is 5.65 Å². The van der Waals surface area contributed by atoms with Gasteiger partial charge in [0.25, 0.3) is 5.92 Å². The van der Waals surface area contributed by atoms with Crippen LogP contribution >= 0.6 is 0 Å². The predicted molar refractivity (Wildman–Crippen MR) is 125 cm³/mol. The van der Waals surface area contributed by atoms with Gasteiger partial charge in [0.1, 0.15) is 11.6 Å². The molecule has 0 aliphatic heterocycles. The van der Waals surface area contributed by atoms with Crippen LogP contribution in [-0.4, -0.2) is 15.0 Å². The lowest BCUT2D eigenvalue weighted by molar-refractivity contribution is -0.104. The summed E-state index contributed by atoms with van der Waals surface area (Å²) in [5.41, 5.74) is 1.49. The summed E-state index contributed by atoms with van der Waals surface area (Å²) in [6.45, 7) is 8.77. The second-order valence-electron chi connectivity index (χ2n) is 9.90. The molecule has 1 fully saturated rings. The molecule has 5 nitrogen and oxygen atoms in total. The van der Waals surface area contributed by atoms with Crippen molar-refractivity contribution in [3.05, 3.63) is 58.5 Å². The summed E-state index contributed by atoms with van der Waals surface area (Å²) in [5, 5.41) is 13.8. The number of nitrogens with zero attached hydrogens (tertiary/aromatic N) is 4. The number of hydrogen-bond donors (Lipinski definition) is 1. The molecule has 0 amide bonds. The van der Waals surface area contributed by atoms with Crippen LogP contribution in [0.3, 0.4) is 0 Å². The van der Waals surface area contributed by atoms with Gasteiger partial charge in [-0.05, 0) is 49.4 Å². The van der Waals surface area contributed by atoms with Crippen LogP contribution in [0.5, 0.6) is 0 Å². The first-order valence-electron chi connectivity index (χ1n) is 11.3. The summed E-state index contributed by atoms with van der Waals surface area (Å²) in [7, 11) is 0. The maximum Gasteiger partial charge on any atom is 0.277 e. The Hall–Kier alpha value is -3.14. The number of benzene rings is 1. The average molecular weight is 450 g/mol. The van der Waals surface area contributed by atoms with Crippen molar-refractivity contribution in [2.45, 2.75) is 71.8 Å². The zero-order chi connectivity index (χ0) is 24.0. The number of halogens is 2. The van der Waals surface area contributed by atoms with Crippen molar-refractivity contribution in [1.29, 1.82) is 5.26 Å². The molecule has 4 rings (SSSR count). The lowest BCUT2D eigenvalue weighted by atomic mass is 9.83. The van der Waals surface area contributed by atoms with Crippen molar-refractivity contribution in [2.75, 3.05) is 5.32 Å². The molecule has 0 atom stereocenters. The van der Waals surface area contributed by atoms with Gasteiger partial charge < -0.3 is 5.32 Å². The molecule has 3 aromatic rings. The van der Waals surface area contributed by atoms with Crippen LogP contribution in [-0.2, 0) is 24.3 Å². The molecule has 0 spiro atoms. The fourth-order valence-corrected chi connectivity index (χ4v) is 4.08. The topological polar surface area (TPSA) is 74.5 Å². The average Bonchev–Trinajstić information content (AvgIpc) is 3.57. The molecule has 0 unspecified atom stereocenters. The quantitative estimate of drug-likeness (QED) is 0.485. The van der Waals surface area contributed by atoms with Crippen molar-refractivity contribution >= 4 is 16.9 Å². The van der Waals surface area contributed by atoms with Crippen LogP contribution in [0.15, 0.2) is 30.3 Å². The second-order valence-corrected chi connectivity index (χ2v) is 9.90. The molecular weight excluding hydrogens is 420 g/mol. The SMILES string of the molecule is CCc1nc2nc(C)nc(NCc3cccc(C(F)(F)C(C)(C)C)c3)c2cc1C1(C#N)CC1. The molecule has 1 aliphatic carbocycles. The standard InChI is InChI=1S/C26H29F2N5/c1-6-21-20(25(15-29)10-11-25)13-19-22(31-16(2)32-23(19)33-21)30-14-17-8-7-9-18(12-17)26(27,28)24(3,4)5/h7-9,12-13H,6,10-11,14H2,1-5H3,(H,30,31,32,33). The van der Waals surface area contributed by atoms with E-state index in [-0.39, 0.29) is 5.56 Å². The van der Waals surface area contributed by atoms with Crippen molar-refractivity contribution in [2.24, 2.45) is 5.41 Å². The molecule has 172 valence electrons. The zero-order valence-electron chi connectivity index (χ0n) is 19.8. The Kier molecular flexibility index (Phi) is 5.60. The Morgan fingerprint density at radius 1 is 1.12 bits per heavy atom. The molecule has 0 saturated heterocycles. The first kappa shape index (κ1) is 23.0. The minimum absolute atomic E-state index is 0.000683. The number of hydrogen-bond acceptors (Lipinski definition) is 5. The van der Waals surface area contributed by atoms with E-state index in [0.717, 1.165) is 41.5 Å². The van der Waals surface area contributed by atoms with E-state index in [1.54, 1.807) is 19.1 Å². The second kappa shape index (κ2) is 8.02. The molecule has 1 aliphatic rings. The van der Waals surface area contributed by atoms with E-state index < -0.39 is 16.8 Å².